The number of hydrogen-bond acceptors (Lipinski definition) is 3. The molecule has 3 aliphatic heterocycles. The second kappa shape index (κ2) is 8.53. The van der Waals surface area contributed by atoms with Gasteiger partial charge in [-0.2, -0.15) is 0 Å². The first-order chi connectivity index (χ1) is 12.8. The highest BCUT2D eigenvalue weighted by Gasteiger charge is 2.35. The van der Waals surface area contributed by atoms with Crippen LogP contribution in [0.15, 0.2) is 24.3 Å². The molecule has 1 amide bonds. The van der Waals surface area contributed by atoms with Crippen molar-refractivity contribution in [3.05, 3.63) is 35.4 Å². The predicted molar refractivity (Wildman–Crippen MR) is 105 cm³/mol. The Bertz CT molecular complexity index is 580. The zero-order valence-electron chi connectivity index (χ0n) is 16.0. The molecule has 0 bridgehead atoms. The summed E-state index contributed by atoms with van der Waals surface area (Å²) in [4.78, 5) is 19.9. The molecule has 0 atom stereocenters. The third-order valence-electron chi connectivity index (χ3n) is 6.36. The van der Waals surface area contributed by atoms with Gasteiger partial charge < -0.3 is 4.90 Å². The second-order valence-electron chi connectivity index (χ2n) is 8.35. The minimum atomic E-state index is 0.208. The minimum absolute atomic E-state index is 0.208. The van der Waals surface area contributed by atoms with E-state index in [0.717, 1.165) is 25.2 Å². The van der Waals surface area contributed by atoms with Gasteiger partial charge in [0.25, 0.3) is 5.91 Å². The van der Waals surface area contributed by atoms with Crippen LogP contribution in [0.5, 0.6) is 0 Å². The summed E-state index contributed by atoms with van der Waals surface area (Å²) in [5.41, 5.74) is 2.18. The van der Waals surface area contributed by atoms with Gasteiger partial charge in [0.05, 0.1) is 0 Å². The van der Waals surface area contributed by atoms with Crippen LogP contribution in [0.3, 0.4) is 0 Å². The molecule has 0 aliphatic carbocycles. The van der Waals surface area contributed by atoms with E-state index in [-0.39, 0.29) is 5.91 Å². The van der Waals surface area contributed by atoms with E-state index in [1.54, 1.807) is 0 Å². The lowest BCUT2D eigenvalue weighted by Crippen LogP contribution is -2.61. The van der Waals surface area contributed by atoms with Gasteiger partial charge in [-0.15, -0.1) is 0 Å². The molecule has 1 aromatic rings. The Kier molecular flexibility index (Phi) is 5.91. The van der Waals surface area contributed by atoms with Gasteiger partial charge in [-0.3, -0.25) is 14.6 Å². The molecule has 3 saturated heterocycles. The van der Waals surface area contributed by atoms with Crippen molar-refractivity contribution in [2.75, 3.05) is 39.3 Å². The fourth-order valence-electron chi connectivity index (χ4n) is 4.62. The molecule has 0 N–H and O–H groups in total. The summed E-state index contributed by atoms with van der Waals surface area (Å²) < 4.78 is 0. The highest BCUT2D eigenvalue weighted by Crippen LogP contribution is 2.22. The Morgan fingerprint density at radius 3 is 2.04 bits per heavy atom. The molecule has 0 saturated carbocycles. The number of amides is 1. The van der Waals surface area contributed by atoms with Gasteiger partial charge in [-0.1, -0.05) is 31.4 Å². The molecule has 4 rings (SSSR count). The second-order valence-corrected chi connectivity index (χ2v) is 8.35. The summed E-state index contributed by atoms with van der Waals surface area (Å²) in [7, 11) is 0. The molecular weight excluding hydrogens is 322 g/mol. The highest BCUT2D eigenvalue weighted by molar-refractivity contribution is 5.94. The van der Waals surface area contributed by atoms with Crippen molar-refractivity contribution in [3.63, 3.8) is 0 Å². The van der Waals surface area contributed by atoms with E-state index in [0.29, 0.717) is 6.04 Å². The zero-order chi connectivity index (χ0) is 17.8. The van der Waals surface area contributed by atoms with E-state index in [4.69, 9.17) is 0 Å². The summed E-state index contributed by atoms with van der Waals surface area (Å²) in [5.74, 6) is 0.208. The molecule has 3 aliphatic rings. The van der Waals surface area contributed by atoms with E-state index in [1.807, 2.05) is 17.0 Å². The lowest BCUT2D eigenvalue weighted by atomic mass is 10.0. The van der Waals surface area contributed by atoms with Gasteiger partial charge >= 0.3 is 0 Å². The molecule has 0 radical (unpaired) electrons. The van der Waals surface area contributed by atoms with E-state index in [1.165, 1.54) is 76.7 Å². The third kappa shape index (κ3) is 4.29. The number of carbonyl (C=O) groups is 1. The summed E-state index contributed by atoms with van der Waals surface area (Å²) in [5, 5.41) is 0. The maximum absolute atomic E-state index is 12.7. The molecule has 4 nitrogen and oxygen atoms in total. The quantitative estimate of drug-likeness (QED) is 0.828. The first kappa shape index (κ1) is 18.0. The molecule has 3 fully saturated rings. The number of nitrogens with zero attached hydrogens (tertiary/aromatic N) is 3. The van der Waals surface area contributed by atoms with Crippen LogP contribution in [0.1, 0.15) is 60.9 Å². The van der Waals surface area contributed by atoms with Crippen LogP contribution in [0.4, 0.5) is 0 Å². The van der Waals surface area contributed by atoms with Crippen LogP contribution in [0.25, 0.3) is 0 Å². The Hall–Kier alpha value is -1.39. The lowest BCUT2D eigenvalue weighted by Gasteiger charge is -2.46. The highest BCUT2D eigenvalue weighted by atomic mass is 16.2. The van der Waals surface area contributed by atoms with Crippen molar-refractivity contribution in [2.24, 2.45) is 0 Å². The predicted octanol–water partition coefficient (Wildman–Crippen LogP) is 3.37. The average Bonchev–Trinajstić information content (AvgIpc) is 2.91. The minimum Gasteiger partial charge on any atom is -0.335 e. The van der Waals surface area contributed by atoms with Gasteiger partial charge in [-0.05, 0) is 69.6 Å². The number of benzene rings is 1. The smallest absolute Gasteiger partial charge is 0.253 e. The number of carbonyl (C=O) groups excluding carboxylic acids is 1. The average molecular weight is 356 g/mol. The summed E-state index contributed by atoms with van der Waals surface area (Å²) in [6, 6.07) is 8.97. The molecule has 142 valence electrons. The van der Waals surface area contributed by atoms with Crippen LogP contribution < -0.4 is 0 Å². The maximum Gasteiger partial charge on any atom is 0.253 e. The van der Waals surface area contributed by atoms with E-state index >= 15 is 0 Å². The van der Waals surface area contributed by atoms with Crippen molar-refractivity contribution in [1.29, 1.82) is 0 Å². The number of likely N-dealkylation sites (tertiary alicyclic amines) is 3. The van der Waals surface area contributed by atoms with E-state index in [9.17, 15) is 4.79 Å². The topological polar surface area (TPSA) is 26.8 Å². The van der Waals surface area contributed by atoms with Crippen LogP contribution >= 0.6 is 0 Å². The van der Waals surface area contributed by atoms with Crippen molar-refractivity contribution in [3.8, 4) is 0 Å². The van der Waals surface area contributed by atoms with Crippen molar-refractivity contribution >= 4 is 5.91 Å². The van der Waals surface area contributed by atoms with Crippen LogP contribution in [-0.4, -0.2) is 65.9 Å². The summed E-state index contributed by atoms with van der Waals surface area (Å²) >= 11 is 0. The molecule has 0 unspecified atom stereocenters. The van der Waals surface area contributed by atoms with Crippen molar-refractivity contribution < 1.29 is 4.79 Å². The monoisotopic (exact) mass is 355 g/mol. The fourth-order valence-corrected chi connectivity index (χ4v) is 4.62. The van der Waals surface area contributed by atoms with Crippen LogP contribution in [0.2, 0.25) is 0 Å². The van der Waals surface area contributed by atoms with Gasteiger partial charge in [0.1, 0.15) is 0 Å². The molecule has 3 heterocycles. The normalized spacial score (nSPS) is 23.5. The maximum atomic E-state index is 12.7. The Morgan fingerprint density at radius 1 is 0.808 bits per heavy atom. The van der Waals surface area contributed by atoms with E-state index in [2.05, 4.69) is 21.9 Å². The number of hydrogen-bond donors (Lipinski definition) is 0. The Labute approximate surface area is 158 Å². The van der Waals surface area contributed by atoms with Gasteiger partial charge in [0.2, 0.25) is 0 Å². The standard InChI is InChI=1S/C22H33N3O/c26-22(25-17-21(18-25)24-14-6-3-7-15-24)20-10-8-19(9-11-20)16-23-12-4-1-2-5-13-23/h8-11,21H,1-7,12-18H2. The molecule has 4 heteroatoms. The van der Waals surface area contributed by atoms with Gasteiger partial charge in [0.15, 0.2) is 0 Å². The Morgan fingerprint density at radius 2 is 1.38 bits per heavy atom. The fraction of sp³-hybridized carbons (Fsp3) is 0.682. The first-order valence-electron chi connectivity index (χ1n) is 10.6. The Balaban J connectivity index is 1.27. The largest absolute Gasteiger partial charge is 0.335 e. The van der Waals surface area contributed by atoms with Crippen molar-refractivity contribution in [1.82, 2.24) is 14.7 Å². The molecule has 0 spiro atoms. The van der Waals surface area contributed by atoms with Crippen LogP contribution in [0, 0.1) is 0 Å². The van der Waals surface area contributed by atoms with Gasteiger partial charge in [-0.25, -0.2) is 0 Å². The molecule has 1 aromatic carbocycles. The van der Waals surface area contributed by atoms with E-state index < -0.39 is 0 Å². The molecular formula is C22H33N3O. The number of rotatable bonds is 4. The van der Waals surface area contributed by atoms with Crippen molar-refractivity contribution in [2.45, 2.75) is 57.5 Å². The van der Waals surface area contributed by atoms with Gasteiger partial charge in [0, 0.05) is 31.2 Å². The molecule has 0 aromatic heterocycles. The summed E-state index contributed by atoms with van der Waals surface area (Å²) in [6.07, 6.45) is 9.41. The SMILES string of the molecule is O=C(c1ccc(CN2CCCCCC2)cc1)N1CC(N2CCCCC2)C1. The third-order valence-corrected chi connectivity index (χ3v) is 6.36. The summed E-state index contributed by atoms with van der Waals surface area (Å²) in [6.45, 7) is 7.71. The number of piperidine rings is 1. The lowest BCUT2D eigenvalue weighted by molar-refractivity contribution is 0.0203. The molecule has 26 heavy (non-hydrogen) atoms. The van der Waals surface area contributed by atoms with Crippen LogP contribution in [-0.2, 0) is 6.54 Å². The first-order valence-corrected chi connectivity index (χ1v) is 10.6. The zero-order valence-corrected chi connectivity index (χ0v) is 16.0.